The van der Waals surface area contributed by atoms with Gasteiger partial charge in [-0.15, -0.1) is 0 Å². The van der Waals surface area contributed by atoms with Gasteiger partial charge in [-0.05, 0) is 44.0 Å². The summed E-state index contributed by atoms with van der Waals surface area (Å²) in [5, 5.41) is 6.04. The first-order valence-electron chi connectivity index (χ1n) is 6.61. The zero-order chi connectivity index (χ0) is 15.9. The number of hydrogen-bond acceptors (Lipinski definition) is 2. The van der Waals surface area contributed by atoms with E-state index in [4.69, 9.17) is 11.6 Å². The molecule has 0 saturated heterocycles. The summed E-state index contributed by atoms with van der Waals surface area (Å²) in [6, 6.07) is 5.17. The number of amides is 1. The van der Waals surface area contributed by atoms with Crippen LogP contribution in [0.25, 0.3) is 0 Å². The Bertz CT molecular complexity index is 478. The van der Waals surface area contributed by atoms with Gasteiger partial charge >= 0.3 is 6.18 Å². The molecule has 0 aromatic heterocycles. The molecule has 0 bridgehead atoms. The van der Waals surface area contributed by atoms with Crippen molar-refractivity contribution in [3.05, 3.63) is 28.8 Å². The van der Waals surface area contributed by atoms with Crippen molar-refractivity contribution in [1.29, 1.82) is 0 Å². The van der Waals surface area contributed by atoms with Crippen molar-refractivity contribution >= 4 is 23.2 Å². The molecule has 7 heteroatoms. The number of unbranched alkanes of at least 4 members (excludes halogenated alkanes) is 1. The maximum Gasteiger partial charge on any atom is 0.389 e. The Labute approximate surface area is 126 Å². The lowest BCUT2D eigenvalue weighted by atomic mass is 10.2. The highest BCUT2D eigenvalue weighted by Gasteiger charge is 2.25. The first-order valence-corrected chi connectivity index (χ1v) is 6.99. The SMILES string of the molecule is Cc1ccc(Cl)cc1NC(=O)CNCCCCC(F)(F)F. The van der Waals surface area contributed by atoms with Crippen molar-refractivity contribution in [2.75, 3.05) is 18.4 Å². The molecule has 0 saturated carbocycles. The number of halogens is 4. The predicted octanol–water partition coefficient (Wildman–Crippen LogP) is 3.91. The fourth-order valence-corrected chi connectivity index (χ4v) is 1.87. The van der Waals surface area contributed by atoms with Gasteiger partial charge in [0.1, 0.15) is 0 Å². The van der Waals surface area contributed by atoms with E-state index in [0.717, 1.165) is 5.56 Å². The smallest absolute Gasteiger partial charge is 0.325 e. The van der Waals surface area contributed by atoms with Crippen molar-refractivity contribution in [2.24, 2.45) is 0 Å². The van der Waals surface area contributed by atoms with Gasteiger partial charge < -0.3 is 10.6 Å². The van der Waals surface area contributed by atoms with Gasteiger partial charge in [-0.1, -0.05) is 17.7 Å². The Morgan fingerprint density at radius 1 is 1.29 bits per heavy atom. The second kappa shape index (κ2) is 8.24. The molecule has 0 fully saturated rings. The van der Waals surface area contributed by atoms with Crippen molar-refractivity contribution in [3.63, 3.8) is 0 Å². The average molecular weight is 323 g/mol. The van der Waals surface area contributed by atoms with Crippen molar-refractivity contribution in [3.8, 4) is 0 Å². The first-order chi connectivity index (χ1) is 9.78. The van der Waals surface area contributed by atoms with Crippen molar-refractivity contribution < 1.29 is 18.0 Å². The second-order valence-corrected chi connectivity index (χ2v) is 5.19. The van der Waals surface area contributed by atoms with Gasteiger partial charge in [0.15, 0.2) is 0 Å². The van der Waals surface area contributed by atoms with Crippen molar-refractivity contribution in [1.82, 2.24) is 5.32 Å². The molecular weight excluding hydrogens is 305 g/mol. The predicted molar refractivity (Wildman–Crippen MR) is 77.6 cm³/mol. The molecule has 2 N–H and O–H groups in total. The minimum Gasteiger partial charge on any atom is -0.325 e. The molecule has 0 radical (unpaired) electrons. The minimum absolute atomic E-state index is 0.0535. The van der Waals surface area contributed by atoms with E-state index in [1.54, 1.807) is 18.2 Å². The lowest BCUT2D eigenvalue weighted by Gasteiger charge is -2.10. The van der Waals surface area contributed by atoms with E-state index in [2.05, 4.69) is 10.6 Å². The summed E-state index contributed by atoms with van der Waals surface area (Å²) in [6.07, 6.45) is -4.46. The molecule has 21 heavy (non-hydrogen) atoms. The number of nitrogens with one attached hydrogen (secondary N) is 2. The van der Waals surface area contributed by atoms with Gasteiger partial charge in [-0.3, -0.25) is 4.79 Å². The summed E-state index contributed by atoms with van der Waals surface area (Å²) in [4.78, 5) is 11.7. The molecule has 0 aliphatic rings. The maximum atomic E-state index is 11.9. The summed E-state index contributed by atoms with van der Waals surface area (Å²) in [6.45, 7) is 2.27. The van der Waals surface area contributed by atoms with Crippen LogP contribution in [0.2, 0.25) is 5.02 Å². The number of benzene rings is 1. The Balaban J connectivity index is 2.21. The number of carbonyl (C=O) groups is 1. The number of anilines is 1. The normalized spacial score (nSPS) is 11.5. The summed E-state index contributed by atoms with van der Waals surface area (Å²) in [5.41, 5.74) is 1.52. The van der Waals surface area contributed by atoms with Gasteiger partial charge in [0.05, 0.1) is 6.54 Å². The Morgan fingerprint density at radius 3 is 2.67 bits per heavy atom. The van der Waals surface area contributed by atoms with E-state index in [1.165, 1.54) is 0 Å². The molecule has 0 atom stereocenters. The van der Waals surface area contributed by atoms with Crippen molar-refractivity contribution in [2.45, 2.75) is 32.4 Å². The van der Waals surface area contributed by atoms with Gasteiger partial charge in [-0.25, -0.2) is 0 Å². The molecule has 1 aromatic carbocycles. The fourth-order valence-electron chi connectivity index (χ4n) is 1.70. The molecule has 3 nitrogen and oxygen atoms in total. The molecule has 0 unspecified atom stereocenters. The highest BCUT2D eigenvalue weighted by Crippen LogP contribution is 2.22. The Morgan fingerprint density at radius 2 is 2.00 bits per heavy atom. The monoisotopic (exact) mass is 322 g/mol. The molecule has 1 rings (SSSR count). The first kappa shape index (κ1) is 17.8. The highest BCUT2D eigenvalue weighted by atomic mass is 35.5. The van der Waals surface area contributed by atoms with Crippen LogP contribution in [0.4, 0.5) is 18.9 Å². The van der Waals surface area contributed by atoms with Crippen LogP contribution in [-0.2, 0) is 4.79 Å². The third-order valence-electron chi connectivity index (χ3n) is 2.82. The fraction of sp³-hybridized carbons (Fsp3) is 0.500. The van der Waals surface area contributed by atoms with Gasteiger partial charge in [0.25, 0.3) is 0 Å². The van der Waals surface area contributed by atoms with Crippen LogP contribution in [0.5, 0.6) is 0 Å². The van der Waals surface area contributed by atoms with Crippen LogP contribution in [0.3, 0.4) is 0 Å². The molecule has 0 aliphatic carbocycles. The van der Waals surface area contributed by atoms with E-state index in [9.17, 15) is 18.0 Å². The van der Waals surface area contributed by atoms with E-state index in [-0.39, 0.29) is 18.9 Å². The minimum atomic E-state index is -4.11. The molecule has 1 amide bonds. The van der Waals surface area contributed by atoms with Crippen LogP contribution < -0.4 is 10.6 Å². The quantitative estimate of drug-likeness (QED) is 0.747. The zero-order valence-corrected chi connectivity index (χ0v) is 12.4. The zero-order valence-electron chi connectivity index (χ0n) is 11.7. The third-order valence-corrected chi connectivity index (χ3v) is 3.06. The molecule has 0 spiro atoms. The number of alkyl halides is 3. The van der Waals surface area contributed by atoms with E-state index < -0.39 is 12.6 Å². The standard InChI is InChI=1S/C14H18ClF3N2O/c1-10-4-5-11(15)8-12(10)20-13(21)9-19-7-3-2-6-14(16,17)18/h4-5,8,19H,2-3,6-7,9H2,1H3,(H,20,21). The van der Waals surface area contributed by atoms with E-state index >= 15 is 0 Å². The third kappa shape index (κ3) is 7.92. The topological polar surface area (TPSA) is 41.1 Å². The van der Waals surface area contributed by atoms with E-state index in [1.807, 2.05) is 6.92 Å². The maximum absolute atomic E-state index is 11.9. The summed E-state index contributed by atoms with van der Waals surface area (Å²) >= 11 is 5.84. The Kier molecular flexibility index (Phi) is 6.98. The molecule has 0 aliphatic heterocycles. The van der Waals surface area contributed by atoms with E-state index in [0.29, 0.717) is 23.7 Å². The second-order valence-electron chi connectivity index (χ2n) is 4.76. The lowest BCUT2D eigenvalue weighted by Crippen LogP contribution is -2.29. The van der Waals surface area contributed by atoms with Crippen LogP contribution >= 0.6 is 11.6 Å². The number of carbonyl (C=O) groups excluding carboxylic acids is 1. The summed E-state index contributed by atoms with van der Waals surface area (Å²) in [5.74, 6) is -0.254. The molecule has 0 heterocycles. The average Bonchev–Trinajstić information content (AvgIpc) is 2.37. The van der Waals surface area contributed by atoms with Gasteiger partial charge in [0, 0.05) is 17.1 Å². The van der Waals surface area contributed by atoms with Crippen LogP contribution in [0.15, 0.2) is 18.2 Å². The number of hydrogen-bond donors (Lipinski definition) is 2. The highest BCUT2D eigenvalue weighted by molar-refractivity contribution is 6.31. The van der Waals surface area contributed by atoms with Gasteiger partial charge in [0.2, 0.25) is 5.91 Å². The van der Waals surface area contributed by atoms with Crippen LogP contribution in [0.1, 0.15) is 24.8 Å². The summed E-state index contributed by atoms with van der Waals surface area (Å²) < 4.78 is 35.7. The summed E-state index contributed by atoms with van der Waals surface area (Å²) in [7, 11) is 0. The molecule has 118 valence electrons. The largest absolute Gasteiger partial charge is 0.389 e. The number of aryl methyl sites for hydroxylation is 1. The lowest BCUT2D eigenvalue weighted by molar-refractivity contribution is -0.135. The van der Waals surface area contributed by atoms with Gasteiger partial charge in [-0.2, -0.15) is 13.2 Å². The van der Waals surface area contributed by atoms with Crippen LogP contribution in [0, 0.1) is 6.92 Å². The molecule has 1 aromatic rings. The Hall–Kier alpha value is -1.27. The molecular formula is C14H18ClF3N2O. The van der Waals surface area contributed by atoms with Crippen LogP contribution in [-0.4, -0.2) is 25.2 Å². The number of rotatable bonds is 7.